The van der Waals surface area contributed by atoms with Crippen molar-refractivity contribution < 1.29 is 13.6 Å². The van der Waals surface area contributed by atoms with Crippen LogP contribution in [0.4, 0.5) is 8.78 Å². The molecule has 0 radical (unpaired) electrons. The molecule has 0 N–H and O–H groups in total. The van der Waals surface area contributed by atoms with Crippen LogP contribution >= 0.6 is 15.9 Å². The molecule has 0 aliphatic carbocycles. The molecule has 0 spiro atoms. The summed E-state index contributed by atoms with van der Waals surface area (Å²) in [5.41, 5.74) is -0.436. The molecule has 23 heavy (non-hydrogen) atoms. The molecule has 0 saturated carbocycles. The molecule has 2 aliphatic heterocycles. The molecule has 6 heteroatoms. The van der Waals surface area contributed by atoms with Crippen LogP contribution in [0.5, 0.6) is 0 Å². The third kappa shape index (κ3) is 3.43. The van der Waals surface area contributed by atoms with Crippen LogP contribution in [-0.2, 0) is 0 Å². The summed E-state index contributed by atoms with van der Waals surface area (Å²) in [6, 6.07) is 2.85. The second-order valence-electron chi connectivity index (χ2n) is 6.53. The number of amides is 1. The fraction of sp³-hybridized carbons (Fsp3) is 0.588. The summed E-state index contributed by atoms with van der Waals surface area (Å²) in [5.74, 6) is -2.13. The van der Waals surface area contributed by atoms with E-state index < -0.39 is 23.1 Å². The van der Waals surface area contributed by atoms with Gasteiger partial charge in [-0.2, -0.15) is 0 Å². The van der Waals surface area contributed by atoms with Crippen LogP contribution in [0.15, 0.2) is 16.6 Å². The lowest BCUT2D eigenvalue weighted by Crippen LogP contribution is -2.44. The van der Waals surface area contributed by atoms with E-state index in [0.29, 0.717) is 17.1 Å². The van der Waals surface area contributed by atoms with Crippen LogP contribution < -0.4 is 0 Å². The zero-order valence-corrected chi connectivity index (χ0v) is 14.8. The molecule has 1 aromatic carbocycles. The summed E-state index contributed by atoms with van der Waals surface area (Å²) in [6.07, 6.45) is 4.14. The lowest BCUT2D eigenvalue weighted by molar-refractivity contribution is 0.0687. The van der Waals surface area contributed by atoms with E-state index in [4.69, 9.17) is 0 Å². The molecule has 0 unspecified atom stereocenters. The Hall–Kier alpha value is -1.01. The molecule has 0 bridgehead atoms. The van der Waals surface area contributed by atoms with Crippen molar-refractivity contribution in [2.75, 3.05) is 19.6 Å². The first-order chi connectivity index (χ1) is 11.0. The molecule has 2 fully saturated rings. The number of rotatable bonds is 3. The lowest BCUT2D eigenvalue weighted by atomic mass is 10.1. The average molecular weight is 387 g/mol. The van der Waals surface area contributed by atoms with Crippen LogP contribution in [0.1, 0.15) is 43.0 Å². The second-order valence-corrected chi connectivity index (χ2v) is 7.44. The van der Waals surface area contributed by atoms with E-state index in [1.54, 1.807) is 4.90 Å². The number of likely N-dealkylation sites (tertiary alicyclic amines) is 2. The third-order valence-corrected chi connectivity index (χ3v) is 5.45. The number of carbonyl (C=O) groups is 1. The van der Waals surface area contributed by atoms with E-state index in [9.17, 15) is 13.6 Å². The van der Waals surface area contributed by atoms with Crippen molar-refractivity contribution in [2.24, 2.45) is 0 Å². The quantitative estimate of drug-likeness (QED) is 0.788. The van der Waals surface area contributed by atoms with Gasteiger partial charge in [0, 0.05) is 29.6 Å². The molecule has 3 nitrogen and oxygen atoms in total. The fourth-order valence-electron chi connectivity index (χ4n) is 3.72. The van der Waals surface area contributed by atoms with Crippen LogP contribution in [0.2, 0.25) is 0 Å². The Labute approximate surface area is 143 Å². The Morgan fingerprint density at radius 1 is 1.22 bits per heavy atom. The highest BCUT2D eigenvalue weighted by molar-refractivity contribution is 9.10. The topological polar surface area (TPSA) is 23.6 Å². The average Bonchev–Trinajstić information content (AvgIpc) is 3.08. The number of hydrogen-bond acceptors (Lipinski definition) is 2. The summed E-state index contributed by atoms with van der Waals surface area (Å²) in [5, 5.41) is 0. The molecule has 2 aliphatic rings. The minimum Gasteiger partial charge on any atom is -0.334 e. The van der Waals surface area contributed by atoms with Gasteiger partial charge in [-0.1, -0.05) is 15.9 Å². The number of nitrogens with zero attached hydrogens (tertiary/aromatic N) is 2. The van der Waals surface area contributed by atoms with Gasteiger partial charge in [-0.25, -0.2) is 8.78 Å². The second kappa shape index (κ2) is 6.85. The van der Waals surface area contributed by atoms with E-state index in [0.717, 1.165) is 38.1 Å². The predicted octanol–water partition coefficient (Wildman–Crippen LogP) is 3.82. The first kappa shape index (κ1) is 16.8. The Morgan fingerprint density at radius 2 is 1.87 bits per heavy atom. The SMILES string of the molecule is C[C@@H]1CCCN1C[C@@H]1CCCN1C(=O)c1c(F)cc(Br)cc1F. The zero-order valence-electron chi connectivity index (χ0n) is 13.2. The van der Waals surface area contributed by atoms with Crippen LogP contribution in [0.25, 0.3) is 0 Å². The molecular formula is C17H21BrF2N2O. The molecule has 1 aromatic rings. The zero-order chi connectivity index (χ0) is 16.6. The number of halogens is 3. The normalized spacial score (nSPS) is 25.3. The molecular weight excluding hydrogens is 366 g/mol. The highest BCUT2D eigenvalue weighted by Crippen LogP contribution is 2.27. The van der Waals surface area contributed by atoms with Gasteiger partial charge in [-0.05, 0) is 51.3 Å². The number of benzene rings is 1. The minimum absolute atomic E-state index is 0.0468. The first-order valence-corrected chi connectivity index (χ1v) is 8.96. The van der Waals surface area contributed by atoms with Gasteiger partial charge in [0.25, 0.3) is 5.91 Å². The molecule has 126 valence electrons. The molecule has 0 aromatic heterocycles. The highest BCUT2D eigenvalue weighted by Gasteiger charge is 2.35. The molecule has 1 amide bonds. The van der Waals surface area contributed by atoms with Crippen molar-refractivity contribution in [3.8, 4) is 0 Å². The maximum absolute atomic E-state index is 14.1. The Morgan fingerprint density at radius 3 is 2.48 bits per heavy atom. The summed E-state index contributed by atoms with van der Waals surface area (Å²) in [4.78, 5) is 16.7. The van der Waals surface area contributed by atoms with Gasteiger partial charge in [0.05, 0.1) is 0 Å². The third-order valence-electron chi connectivity index (χ3n) is 4.99. The molecule has 2 saturated heterocycles. The van der Waals surface area contributed by atoms with E-state index in [1.807, 2.05) is 0 Å². The van der Waals surface area contributed by atoms with E-state index >= 15 is 0 Å². The van der Waals surface area contributed by atoms with E-state index in [2.05, 4.69) is 27.8 Å². The van der Waals surface area contributed by atoms with Gasteiger partial charge < -0.3 is 4.90 Å². The fourth-order valence-corrected chi connectivity index (χ4v) is 4.12. The van der Waals surface area contributed by atoms with Crippen molar-refractivity contribution in [2.45, 2.75) is 44.7 Å². The number of carbonyl (C=O) groups excluding carboxylic acids is 1. The predicted molar refractivity (Wildman–Crippen MR) is 88.4 cm³/mol. The van der Waals surface area contributed by atoms with Gasteiger partial charge >= 0.3 is 0 Å². The Bertz CT molecular complexity index is 587. The minimum atomic E-state index is -0.804. The van der Waals surface area contributed by atoms with Crippen molar-refractivity contribution in [3.05, 3.63) is 33.8 Å². The van der Waals surface area contributed by atoms with Crippen LogP contribution in [-0.4, -0.2) is 47.4 Å². The van der Waals surface area contributed by atoms with Gasteiger partial charge in [0.1, 0.15) is 17.2 Å². The monoisotopic (exact) mass is 386 g/mol. The van der Waals surface area contributed by atoms with Crippen molar-refractivity contribution in [1.82, 2.24) is 9.80 Å². The first-order valence-electron chi connectivity index (χ1n) is 8.17. The molecule has 2 atom stereocenters. The summed E-state index contributed by atoms with van der Waals surface area (Å²) in [7, 11) is 0. The summed E-state index contributed by atoms with van der Waals surface area (Å²) < 4.78 is 28.5. The van der Waals surface area contributed by atoms with Crippen molar-refractivity contribution in [3.63, 3.8) is 0 Å². The summed E-state index contributed by atoms with van der Waals surface area (Å²) >= 11 is 3.04. The van der Waals surface area contributed by atoms with Gasteiger partial charge in [0.15, 0.2) is 0 Å². The standard InChI is InChI=1S/C17H21BrF2N2O/c1-11-4-2-6-21(11)10-13-5-3-7-22(13)17(23)16-14(19)8-12(18)9-15(16)20/h8-9,11,13H,2-7,10H2,1H3/t11-,13+/m1/s1. The van der Waals surface area contributed by atoms with E-state index in [-0.39, 0.29) is 6.04 Å². The Kier molecular flexibility index (Phi) is 5.01. The van der Waals surface area contributed by atoms with Gasteiger partial charge in [0.2, 0.25) is 0 Å². The Balaban J connectivity index is 1.78. The summed E-state index contributed by atoms with van der Waals surface area (Å²) in [6.45, 7) is 4.61. The van der Waals surface area contributed by atoms with Gasteiger partial charge in [-0.3, -0.25) is 9.69 Å². The van der Waals surface area contributed by atoms with Crippen LogP contribution in [0, 0.1) is 11.6 Å². The highest BCUT2D eigenvalue weighted by atomic mass is 79.9. The maximum atomic E-state index is 14.1. The molecule has 3 rings (SSSR count). The van der Waals surface area contributed by atoms with Crippen molar-refractivity contribution in [1.29, 1.82) is 0 Å². The molecule has 2 heterocycles. The smallest absolute Gasteiger partial charge is 0.260 e. The largest absolute Gasteiger partial charge is 0.334 e. The van der Waals surface area contributed by atoms with E-state index in [1.165, 1.54) is 12.8 Å². The number of hydrogen-bond donors (Lipinski definition) is 0. The van der Waals surface area contributed by atoms with Crippen LogP contribution in [0.3, 0.4) is 0 Å². The van der Waals surface area contributed by atoms with Gasteiger partial charge in [-0.15, -0.1) is 0 Å². The van der Waals surface area contributed by atoms with Crippen molar-refractivity contribution >= 4 is 21.8 Å². The maximum Gasteiger partial charge on any atom is 0.260 e. The lowest BCUT2D eigenvalue weighted by Gasteiger charge is -2.31.